The summed E-state index contributed by atoms with van der Waals surface area (Å²) in [5.74, 6) is -1.07. The highest BCUT2D eigenvalue weighted by molar-refractivity contribution is 5.82. The van der Waals surface area contributed by atoms with Crippen molar-refractivity contribution in [2.45, 2.75) is 32.5 Å². The molecule has 0 unspecified atom stereocenters. The normalized spacial score (nSPS) is 22.6. The molecule has 1 atom stereocenters. The molecule has 2 aromatic rings. The van der Waals surface area contributed by atoms with Gasteiger partial charge in [0.05, 0.1) is 18.6 Å². The number of hydrogen-bond donors (Lipinski definition) is 0. The highest BCUT2D eigenvalue weighted by atomic mass is 19.4. The van der Waals surface area contributed by atoms with Crippen LogP contribution in [0.25, 0.3) is 11.4 Å². The fraction of sp³-hybridized carbons (Fsp3) is 0.526. The Hall–Kier alpha value is -2.62. The monoisotopic (exact) mass is 411 g/mol. The van der Waals surface area contributed by atoms with Crippen LogP contribution in [0, 0.1) is 5.41 Å². The van der Waals surface area contributed by atoms with Gasteiger partial charge in [0, 0.05) is 24.3 Å². The Morgan fingerprint density at radius 1 is 1.28 bits per heavy atom. The van der Waals surface area contributed by atoms with E-state index in [-0.39, 0.29) is 18.3 Å². The third-order valence-electron chi connectivity index (χ3n) is 5.22. The lowest BCUT2D eigenvalue weighted by Gasteiger charge is -2.36. The molecule has 1 saturated heterocycles. The van der Waals surface area contributed by atoms with Gasteiger partial charge in [-0.25, -0.2) is 0 Å². The number of amides is 1. The Kier molecular flexibility index (Phi) is 4.97. The van der Waals surface area contributed by atoms with Crippen LogP contribution in [0.3, 0.4) is 0 Å². The lowest BCUT2D eigenvalue weighted by atomic mass is 9.83. The summed E-state index contributed by atoms with van der Waals surface area (Å²) >= 11 is 0. The fourth-order valence-corrected chi connectivity index (χ4v) is 3.62. The van der Waals surface area contributed by atoms with Gasteiger partial charge in [-0.1, -0.05) is 17.3 Å². The molecule has 1 amide bonds. The summed E-state index contributed by atoms with van der Waals surface area (Å²) < 4.78 is 53.6. The van der Waals surface area contributed by atoms with Crippen LogP contribution in [-0.4, -0.2) is 47.3 Å². The van der Waals surface area contributed by atoms with E-state index in [2.05, 4.69) is 14.7 Å². The van der Waals surface area contributed by atoms with Crippen LogP contribution >= 0.6 is 0 Å². The maximum Gasteiger partial charge on any atom is 0.471 e. The molecule has 0 saturated carbocycles. The van der Waals surface area contributed by atoms with Crippen molar-refractivity contribution in [1.82, 2.24) is 15.0 Å². The van der Waals surface area contributed by atoms with E-state index in [9.17, 15) is 18.0 Å². The Bertz CT molecular complexity index is 906. The molecule has 2 aliphatic heterocycles. The molecule has 1 aromatic heterocycles. The number of halogens is 3. The van der Waals surface area contributed by atoms with Crippen LogP contribution in [-0.2, 0) is 22.3 Å². The van der Waals surface area contributed by atoms with E-state index in [0.717, 1.165) is 18.4 Å². The first kappa shape index (κ1) is 19.7. The standard InChI is InChI=1S/C19H20F3N3O4/c1-18(5-2-7-27-11-18)17(26)25-6-8-28-14-9-12(3-4-13(14)10-25)15-23-16(29-24-15)19(20,21)22/h3-4,9H,2,5-8,10-11H2,1H3/t18-/m0/s1. The van der Waals surface area contributed by atoms with Crippen molar-refractivity contribution in [3.05, 3.63) is 29.7 Å². The van der Waals surface area contributed by atoms with E-state index in [1.807, 2.05) is 6.92 Å². The predicted octanol–water partition coefficient (Wildman–Crippen LogP) is 3.29. The largest absolute Gasteiger partial charge is 0.491 e. The second-order valence-electron chi connectivity index (χ2n) is 7.54. The maximum atomic E-state index is 13.1. The van der Waals surface area contributed by atoms with Crippen LogP contribution < -0.4 is 4.74 Å². The van der Waals surface area contributed by atoms with Crippen molar-refractivity contribution in [2.75, 3.05) is 26.4 Å². The molecule has 1 aromatic carbocycles. The van der Waals surface area contributed by atoms with Gasteiger partial charge in [-0.15, -0.1) is 0 Å². The number of nitrogens with zero attached hydrogens (tertiary/aromatic N) is 3. The van der Waals surface area contributed by atoms with Gasteiger partial charge in [0.2, 0.25) is 11.7 Å². The van der Waals surface area contributed by atoms with Crippen molar-refractivity contribution in [3.63, 3.8) is 0 Å². The van der Waals surface area contributed by atoms with Crippen molar-refractivity contribution in [3.8, 4) is 17.1 Å². The molecule has 3 heterocycles. The molecule has 0 radical (unpaired) electrons. The minimum absolute atomic E-state index is 0.0192. The number of benzene rings is 1. The summed E-state index contributed by atoms with van der Waals surface area (Å²) in [5.41, 5.74) is 0.552. The number of carbonyl (C=O) groups is 1. The van der Waals surface area contributed by atoms with Gasteiger partial charge >= 0.3 is 12.1 Å². The number of ether oxygens (including phenoxy) is 2. The highest BCUT2D eigenvalue weighted by Gasteiger charge is 2.40. The number of fused-ring (bicyclic) bond motifs is 1. The Labute approximate surface area is 164 Å². The van der Waals surface area contributed by atoms with E-state index in [4.69, 9.17) is 9.47 Å². The summed E-state index contributed by atoms with van der Waals surface area (Å²) in [6.45, 7) is 4.03. The minimum Gasteiger partial charge on any atom is -0.491 e. The topological polar surface area (TPSA) is 77.7 Å². The second-order valence-corrected chi connectivity index (χ2v) is 7.54. The number of aromatic nitrogens is 2. The number of carbonyl (C=O) groups excluding carboxylic acids is 1. The van der Waals surface area contributed by atoms with Crippen molar-refractivity contribution < 1.29 is 32.0 Å². The molecule has 0 N–H and O–H groups in total. The summed E-state index contributed by atoms with van der Waals surface area (Å²) in [6.07, 6.45) is -3.08. The van der Waals surface area contributed by atoms with Crippen LogP contribution in [0.15, 0.2) is 22.7 Å². The Morgan fingerprint density at radius 2 is 2.10 bits per heavy atom. The van der Waals surface area contributed by atoms with Crippen LogP contribution in [0.2, 0.25) is 0 Å². The average molecular weight is 411 g/mol. The van der Waals surface area contributed by atoms with E-state index in [1.165, 1.54) is 0 Å². The summed E-state index contributed by atoms with van der Waals surface area (Å²) in [7, 11) is 0. The van der Waals surface area contributed by atoms with Crippen LogP contribution in [0.4, 0.5) is 13.2 Å². The molecule has 0 bridgehead atoms. The van der Waals surface area contributed by atoms with Gasteiger partial charge in [-0.3, -0.25) is 4.79 Å². The zero-order valence-electron chi connectivity index (χ0n) is 15.8. The molecule has 29 heavy (non-hydrogen) atoms. The van der Waals surface area contributed by atoms with Gasteiger partial charge in [-0.05, 0) is 25.8 Å². The van der Waals surface area contributed by atoms with Gasteiger partial charge in [0.1, 0.15) is 12.4 Å². The molecule has 7 nitrogen and oxygen atoms in total. The van der Waals surface area contributed by atoms with Gasteiger partial charge < -0.3 is 18.9 Å². The predicted molar refractivity (Wildman–Crippen MR) is 93.8 cm³/mol. The van der Waals surface area contributed by atoms with E-state index in [0.29, 0.717) is 37.6 Å². The zero-order chi connectivity index (χ0) is 20.6. The third-order valence-corrected chi connectivity index (χ3v) is 5.22. The Morgan fingerprint density at radius 3 is 2.79 bits per heavy atom. The van der Waals surface area contributed by atoms with E-state index >= 15 is 0 Å². The molecule has 4 rings (SSSR count). The van der Waals surface area contributed by atoms with Gasteiger partial charge in [0.15, 0.2) is 0 Å². The molecular formula is C19H20F3N3O4. The lowest BCUT2D eigenvalue weighted by molar-refractivity contribution is -0.159. The van der Waals surface area contributed by atoms with Crippen molar-refractivity contribution >= 4 is 5.91 Å². The summed E-state index contributed by atoms with van der Waals surface area (Å²) in [4.78, 5) is 18.2. The number of alkyl halides is 3. The van der Waals surface area contributed by atoms with Crippen molar-refractivity contribution in [1.29, 1.82) is 0 Å². The van der Waals surface area contributed by atoms with E-state index < -0.39 is 17.5 Å². The minimum atomic E-state index is -4.70. The third kappa shape index (κ3) is 3.93. The molecule has 10 heteroatoms. The lowest BCUT2D eigenvalue weighted by Crippen LogP contribution is -2.47. The molecule has 1 fully saturated rings. The summed E-state index contributed by atoms with van der Waals surface area (Å²) in [5, 5.41) is 3.40. The zero-order valence-corrected chi connectivity index (χ0v) is 15.8. The highest BCUT2D eigenvalue weighted by Crippen LogP contribution is 2.34. The smallest absolute Gasteiger partial charge is 0.471 e. The average Bonchev–Trinajstić information content (AvgIpc) is 3.10. The van der Waals surface area contributed by atoms with Crippen LogP contribution in [0.5, 0.6) is 5.75 Å². The maximum absolute atomic E-state index is 13.1. The molecular weight excluding hydrogens is 391 g/mol. The first-order valence-electron chi connectivity index (χ1n) is 9.30. The molecule has 0 spiro atoms. The van der Waals surface area contributed by atoms with Crippen LogP contribution in [0.1, 0.15) is 31.2 Å². The number of hydrogen-bond acceptors (Lipinski definition) is 6. The first-order valence-corrected chi connectivity index (χ1v) is 9.30. The van der Waals surface area contributed by atoms with Crippen molar-refractivity contribution in [2.24, 2.45) is 5.41 Å². The van der Waals surface area contributed by atoms with Gasteiger partial charge in [0.25, 0.3) is 0 Å². The molecule has 2 aliphatic rings. The first-order chi connectivity index (χ1) is 13.8. The quantitative estimate of drug-likeness (QED) is 0.755. The fourth-order valence-electron chi connectivity index (χ4n) is 3.62. The molecule has 156 valence electrons. The SMILES string of the molecule is C[C@]1(C(=O)N2CCOc3cc(-c4noc(C(F)(F)F)n4)ccc3C2)CCCOC1. The Balaban J connectivity index is 1.55. The second kappa shape index (κ2) is 7.33. The molecule has 0 aliphatic carbocycles. The van der Waals surface area contributed by atoms with E-state index in [1.54, 1.807) is 23.1 Å². The summed E-state index contributed by atoms with van der Waals surface area (Å²) in [6, 6.07) is 4.87. The van der Waals surface area contributed by atoms with Gasteiger partial charge in [-0.2, -0.15) is 18.2 Å². The number of rotatable bonds is 2.